The zero-order valence-corrected chi connectivity index (χ0v) is 7.04. The second-order valence-corrected chi connectivity index (χ2v) is 2.58. The van der Waals surface area contributed by atoms with Crippen molar-refractivity contribution in [2.24, 2.45) is 5.92 Å². The van der Waals surface area contributed by atoms with E-state index in [1.807, 2.05) is 0 Å². The lowest BCUT2D eigenvalue weighted by Crippen LogP contribution is -2.21. The van der Waals surface area contributed by atoms with Crippen molar-refractivity contribution in [1.29, 1.82) is 0 Å². The van der Waals surface area contributed by atoms with Crippen LogP contribution in [0.4, 0.5) is 0 Å². The van der Waals surface area contributed by atoms with Crippen LogP contribution in [-0.4, -0.2) is 28.0 Å². The number of carbonyl (C=O) groups is 2. The van der Waals surface area contributed by atoms with Crippen LogP contribution in [0.15, 0.2) is 12.2 Å². The fraction of sp³-hybridized carbons (Fsp3) is 0.429. The standard InChI is InChI=1S/C7H9ClO4/c1-4(6(9)10)5(2-3-8)7(11)12/h5H,1-3H2,(H,9,10)(H,11,12). The van der Waals surface area contributed by atoms with Gasteiger partial charge in [0.05, 0.1) is 5.92 Å². The van der Waals surface area contributed by atoms with Crippen LogP contribution in [0.5, 0.6) is 0 Å². The Morgan fingerprint density at radius 3 is 2.17 bits per heavy atom. The minimum Gasteiger partial charge on any atom is -0.481 e. The van der Waals surface area contributed by atoms with Crippen molar-refractivity contribution < 1.29 is 19.8 Å². The smallest absolute Gasteiger partial charge is 0.331 e. The van der Waals surface area contributed by atoms with Gasteiger partial charge in [0.25, 0.3) is 0 Å². The van der Waals surface area contributed by atoms with Gasteiger partial charge < -0.3 is 10.2 Å². The molecule has 5 heteroatoms. The molecule has 0 aromatic heterocycles. The summed E-state index contributed by atoms with van der Waals surface area (Å²) >= 11 is 5.29. The van der Waals surface area contributed by atoms with Gasteiger partial charge in [-0.1, -0.05) is 6.58 Å². The van der Waals surface area contributed by atoms with Crippen molar-refractivity contribution in [2.45, 2.75) is 6.42 Å². The maximum Gasteiger partial charge on any atom is 0.331 e. The third-order valence-electron chi connectivity index (χ3n) is 1.39. The Bertz CT molecular complexity index is 211. The SMILES string of the molecule is C=C(C(=O)O)C(CCCl)C(=O)O. The van der Waals surface area contributed by atoms with Gasteiger partial charge in [-0.25, -0.2) is 4.79 Å². The van der Waals surface area contributed by atoms with Crippen LogP contribution in [0.3, 0.4) is 0 Å². The average Bonchev–Trinajstić information content (AvgIpc) is 1.98. The molecule has 0 aromatic rings. The highest BCUT2D eigenvalue weighted by Crippen LogP contribution is 2.14. The molecule has 2 N–H and O–H groups in total. The quantitative estimate of drug-likeness (QED) is 0.503. The average molecular weight is 193 g/mol. The predicted molar refractivity (Wildman–Crippen MR) is 43.2 cm³/mol. The second kappa shape index (κ2) is 4.77. The highest BCUT2D eigenvalue weighted by molar-refractivity contribution is 6.18. The van der Waals surface area contributed by atoms with Crippen molar-refractivity contribution in [3.05, 3.63) is 12.2 Å². The molecule has 12 heavy (non-hydrogen) atoms. The molecule has 0 radical (unpaired) electrons. The van der Waals surface area contributed by atoms with Crippen molar-refractivity contribution in [2.75, 3.05) is 5.88 Å². The molecule has 0 spiro atoms. The molecule has 1 unspecified atom stereocenters. The van der Waals surface area contributed by atoms with E-state index in [2.05, 4.69) is 6.58 Å². The lowest BCUT2D eigenvalue weighted by Gasteiger charge is -2.09. The van der Waals surface area contributed by atoms with Gasteiger partial charge in [0, 0.05) is 11.5 Å². The summed E-state index contributed by atoms with van der Waals surface area (Å²) in [6.07, 6.45) is 0.0853. The maximum atomic E-state index is 10.5. The third kappa shape index (κ3) is 2.92. The van der Waals surface area contributed by atoms with Crippen LogP contribution in [0, 0.1) is 5.92 Å². The van der Waals surface area contributed by atoms with E-state index in [0.717, 1.165) is 0 Å². The third-order valence-corrected chi connectivity index (χ3v) is 1.61. The van der Waals surface area contributed by atoms with Crippen LogP contribution >= 0.6 is 11.6 Å². The molecule has 0 bridgehead atoms. The van der Waals surface area contributed by atoms with Gasteiger partial charge in [0.15, 0.2) is 0 Å². The highest BCUT2D eigenvalue weighted by atomic mass is 35.5. The molecule has 0 rings (SSSR count). The summed E-state index contributed by atoms with van der Waals surface area (Å²) in [4.78, 5) is 20.8. The van der Waals surface area contributed by atoms with E-state index in [4.69, 9.17) is 21.8 Å². The van der Waals surface area contributed by atoms with Gasteiger partial charge >= 0.3 is 11.9 Å². The molecular formula is C7H9ClO4. The molecule has 68 valence electrons. The Labute approximate surface area is 74.5 Å². The van der Waals surface area contributed by atoms with Gasteiger partial charge in [-0.05, 0) is 6.42 Å². The number of rotatable bonds is 5. The summed E-state index contributed by atoms with van der Waals surface area (Å²) in [6, 6.07) is 0. The Morgan fingerprint density at radius 1 is 1.42 bits per heavy atom. The normalized spacial score (nSPS) is 12.1. The van der Waals surface area contributed by atoms with Crippen LogP contribution in [0.1, 0.15) is 6.42 Å². The number of halogens is 1. The summed E-state index contributed by atoms with van der Waals surface area (Å²) in [6.45, 7) is 3.16. The maximum absolute atomic E-state index is 10.5. The fourth-order valence-corrected chi connectivity index (χ4v) is 0.923. The first-order valence-electron chi connectivity index (χ1n) is 3.21. The van der Waals surface area contributed by atoms with E-state index < -0.39 is 17.9 Å². The topological polar surface area (TPSA) is 74.6 Å². The largest absolute Gasteiger partial charge is 0.481 e. The number of aliphatic carboxylic acids is 2. The van der Waals surface area contributed by atoms with Gasteiger partial charge in [-0.3, -0.25) is 4.79 Å². The fourth-order valence-electron chi connectivity index (χ4n) is 0.705. The van der Waals surface area contributed by atoms with Crippen molar-refractivity contribution in [3.8, 4) is 0 Å². The first kappa shape index (κ1) is 11.0. The molecule has 0 heterocycles. The minimum absolute atomic E-state index is 0.0853. The molecular weight excluding hydrogens is 184 g/mol. The lowest BCUT2D eigenvalue weighted by atomic mass is 9.98. The zero-order chi connectivity index (χ0) is 9.72. The molecule has 0 aliphatic rings. The molecule has 0 saturated heterocycles. The monoisotopic (exact) mass is 192 g/mol. The molecule has 0 saturated carbocycles. The zero-order valence-electron chi connectivity index (χ0n) is 6.29. The summed E-state index contributed by atoms with van der Waals surface area (Å²) in [5.74, 6) is -3.49. The van der Waals surface area contributed by atoms with E-state index in [9.17, 15) is 9.59 Å². The van der Waals surface area contributed by atoms with Gasteiger partial charge in [-0.15, -0.1) is 11.6 Å². The molecule has 1 atom stereocenters. The first-order chi connectivity index (χ1) is 5.50. The summed E-state index contributed by atoms with van der Waals surface area (Å²) in [5.41, 5.74) is -0.330. The molecule has 0 aliphatic heterocycles. The first-order valence-corrected chi connectivity index (χ1v) is 3.75. The summed E-state index contributed by atoms with van der Waals surface area (Å²) < 4.78 is 0. The minimum atomic E-state index is -1.30. The Hall–Kier alpha value is -1.03. The van der Waals surface area contributed by atoms with Gasteiger partial charge in [0.2, 0.25) is 0 Å². The van der Waals surface area contributed by atoms with Crippen LogP contribution in [0.2, 0.25) is 0 Å². The van der Waals surface area contributed by atoms with Gasteiger partial charge in [0.1, 0.15) is 0 Å². The van der Waals surface area contributed by atoms with E-state index in [-0.39, 0.29) is 17.9 Å². The lowest BCUT2D eigenvalue weighted by molar-refractivity contribution is -0.143. The number of hydrogen-bond acceptors (Lipinski definition) is 2. The van der Waals surface area contributed by atoms with E-state index in [0.29, 0.717) is 0 Å². The number of alkyl halides is 1. The molecule has 0 fully saturated rings. The second-order valence-electron chi connectivity index (χ2n) is 2.20. The van der Waals surface area contributed by atoms with Gasteiger partial charge in [-0.2, -0.15) is 0 Å². The number of carboxylic acid groups (broad SMARTS) is 2. The van der Waals surface area contributed by atoms with E-state index in [1.54, 1.807) is 0 Å². The van der Waals surface area contributed by atoms with Crippen LogP contribution in [-0.2, 0) is 9.59 Å². The Balaban J connectivity index is 4.40. The number of carboxylic acids is 2. The predicted octanol–water partition coefficient (Wildman–Crippen LogP) is 0.957. The summed E-state index contributed by atoms with van der Waals surface area (Å²) in [5, 5.41) is 17.0. The van der Waals surface area contributed by atoms with Crippen molar-refractivity contribution >= 4 is 23.5 Å². The molecule has 0 aliphatic carbocycles. The highest BCUT2D eigenvalue weighted by Gasteiger charge is 2.24. The Kier molecular flexibility index (Phi) is 4.36. The van der Waals surface area contributed by atoms with Crippen LogP contribution < -0.4 is 0 Å². The Morgan fingerprint density at radius 2 is 1.92 bits per heavy atom. The molecule has 0 amide bonds. The van der Waals surface area contributed by atoms with Crippen molar-refractivity contribution in [3.63, 3.8) is 0 Å². The number of hydrogen-bond donors (Lipinski definition) is 2. The van der Waals surface area contributed by atoms with E-state index in [1.165, 1.54) is 0 Å². The van der Waals surface area contributed by atoms with Crippen LogP contribution in [0.25, 0.3) is 0 Å². The van der Waals surface area contributed by atoms with Crippen molar-refractivity contribution in [1.82, 2.24) is 0 Å². The molecule has 4 nitrogen and oxygen atoms in total. The summed E-state index contributed by atoms with van der Waals surface area (Å²) in [7, 11) is 0. The van der Waals surface area contributed by atoms with E-state index >= 15 is 0 Å². The molecule has 0 aromatic carbocycles.